The van der Waals surface area contributed by atoms with Gasteiger partial charge in [-0.3, -0.25) is 4.98 Å². The Hall–Kier alpha value is -6.51. The van der Waals surface area contributed by atoms with Gasteiger partial charge in [0.1, 0.15) is 0 Å². The van der Waals surface area contributed by atoms with Gasteiger partial charge in [-0.15, -0.1) is 0 Å². The number of fused-ring (bicyclic) bond motifs is 6. The molecule has 7 aromatic rings. The van der Waals surface area contributed by atoms with Crippen LogP contribution in [0.15, 0.2) is 176 Å². The van der Waals surface area contributed by atoms with E-state index in [4.69, 9.17) is 0 Å². The molecule has 3 aliphatic carbocycles. The summed E-state index contributed by atoms with van der Waals surface area (Å²) in [5.41, 5.74) is 18.3. The van der Waals surface area contributed by atoms with Crippen LogP contribution < -0.4 is 4.90 Å². The average Bonchev–Trinajstić information content (AvgIpc) is 3.28. The Morgan fingerprint density at radius 1 is 0.509 bits per heavy atom. The van der Waals surface area contributed by atoms with Gasteiger partial charge in [0.25, 0.3) is 0 Å². The molecule has 264 valence electrons. The number of benzene rings is 6. The Balaban J connectivity index is 1.22. The molecule has 55 heavy (non-hydrogen) atoms. The lowest BCUT2D eigenvalue weighted by molar-refractivity contribution is 0.756. The van der Waals surface area contributed by atoms with Gasteiger partial charge in [0.15, 0.2) is 0 Å². The summed E-state index contributed by atoms with van der Waals surface area (Å²) >= 11 is 0. The maximum Gasteiger partial charge on any atom is 0.0566 e. The summed E-state index contributed by atoms with van der Waals surface area (Å²) in [7, 11) is 0. The average molecular weight is 707 g/mol. The van der Waals surface area contributed by atoms with Gasteiger partial charge in [0.05, 0.1) is 6.04 Å². The van der Waals surface area contributed by atoms with Crippen LogP contribution in [0.25, 0.3) is 61.9 Å². The monoisotopic (exact) mass is 706 g/mol. The number of nitrogens with zero attached hydrogens (tertiary/aromatic N) is 2. The maximum absolute atomic E-state index is 4.40. The number of aromatic nitrogens is 1. The molecular weight excluding hydrogens is 665 g/mol. The molecule has 0 spiro atoms. The standard InChI is InChI=1S/C53H42N2/c1-5-15-37(16-6-1)38-25-27-42(28-26-38)55(43-31-33-54-34-32-43)44-29-30-47-50(35-44)45-23-13-14-24-46(45)52-49(40-19-9-3-10-20-40)36-48(39-17-7-2-8-18-39)51(53(47)52)41-21-11-4-12-22-41/h1,3-7,9-12,14-22,24-34,36,44H,2,8,13,23,35H2. The van der Waals surface area contributed by atoms with Crippen molar-refractivity contribution in [2.24, 2.45) is 0 Å². The molecule has 0 aliphatic heterocycles. The summed E-state index contributed by atoms with van der Waals surface area (Å²) in [5.74, 6) is 0. The Morgan fingerprint density at radius 2 is 1.15 bits per heavy atom. The first kappa shape index (κ1) is 33.1. The van der Waals surface area contributed by atoms with E-state index in [0.717, 1.165) is 37.8 Å². The summed E-state index contributed by atoms with van der Waals surface area (Å²) in [5, 5.41) is 2.73. The fraction of sp³-hybridized carbons (Fsp3) is 0.113. The highest BCUT2D eigenvalue weighted by Crippen LogP contribution is 2.50. The van der Waals surface area contributed by atoms with Crippen molar-refractivity contribution in [3.8, 4) is 33.4 Å². The highest BCUT2D eigenvalue weighted by molar-refractivity contribution is 6.17. The van der Waals surface area contributed by atoms with Crippen molar-refractivity contribution in [1.82, 2.24) is 4.98 Å². The third-order valence-corrected chi connectivity index (χ3v) is 11.6. The van der Waals surface area contributed by atoms with Crippen LogP contribution in [0.1, 0.15) is 47.1 Å². The van der Waals surface area contributed by atoms with E-state index in [1.807, 2.05) is 12.4 Å². The SMILES string of the molecule is C1=CC(c2cc(-c3ccccc3)c3c4c(c5c(c3c2-c2ccccc2)C=CC(N(c2ccncc2)c2ccc(-c3ccccc3)cc2)C5)CCC=C4)=CCC1. The Kier molecular flexibility index (Phi) is 8.65. The summed E-state index contributed by atoms with van der Waals surface area (Å²) in [6.07, 6.45) is 25.8. The van der Waals surface area contributed by atoms with E-state index in [0.29, 0.717) is 0 Å². The molecule has 10 rings (SSSR count). The molecule has 1 heterocycles. The smallest absolute Gasteiger partial charge is 0.0566 e. The zero-order valence-corrected chi connectivity index (χ0v) is 30.9. The van der Waals surface area contributed by atoms with E-state index in [9.17, 15) is 0 Å². The van der Waals surface area contributed by atoms with Crippen molar-refractivity contribution in [3.63, 3.8) is 0 Å². The summed E-state index contributed by atoms with van der Waals surface area (Å²) in [4.78, 5) is 6.91. The molecule has 1 atom stereocenters. The van der Waals surface area contributed by atoms with E-state index < -0.39 is 0 Å². The van der Waals surface area contributed by atoms with E-state index in [1.54, 1.807) is 0 Å². The van der Waals surface area contributed by atoms with Crippen LogP contribution in [0.3, 0.4) is 0 Å². The maximum atomic E-state index is 4.40. The molecule has 0 amide bonds. The van der Waals surface area contributed by atoms with Gasteiger partial charge in [0.2, 0.25) is 0 Å². The molecule has 2 heteroatoms. The molecule has 2 nitrogen and oxygen atoms in total. The number of anilines is 2. The molecule has 3 aliphatic rings. The molecule has 0 saturated carbocycles. The van der Waals surface area contributed by atoms with Gasteiger partial charge in [-0.05, 0) is 140 Å². The summed E-state index contributed by atoms with van der Waals surface area (Å²) in [6, 6.07) is 48.8. The Labute approximate surface area is 324 Å². The minimum absolute atomic E-state index is 0.117. The molecule has 1 unspecified atom stereocenters. The predicted molar refractivity (Wildman–Crippen MR) is 233 cm³/mol. The van der Waals surface area contributed by atoms with Crippen LogP contribution in [0.5, 0.6) is 0 Å². The van der Waals surface area contributed by atoms with Gasteiger partial charge in [-0.25, -0.2) is 0 Å². The third-order valence-electron chi connectivity index (χ3n) is 11.6. The lowest BCUT2D eigenvalue weighted by Crippen LogP contribution is -2.33. The third kappa shape index (κ3) is 6.05. The Bertz CT molecular complexity index is 2630. The zero-order chi connectivity index (χ0) is 36.6. The zero-order valence-electron chi connectivity index (χ0n) is 30.9. The van der Waals surface area contributed by atoms with E-state index >= 15 is 0 Å². The van der Waals surface area contributed by atoms with Gasteiger partial charge in [-0.2, -0.15) is 0 Å². The fourth-order valence-electron chi connectivity index (χ4n) is 9.11. The highest BCUT2D eigenvalue weighted by atomic mass is 15.2. The van der Waals surface area contributed by atoms with Crippen molar-refractivity contribution in [3.05, 3.63) is 204 Å². The van der Waals surface area contributed by atoms with Gasteiger partial charge >= 0.3 is 0 Å². The first-order valence-electron chi connectivity index (χ1n) is 19.7. The largest absolute Gasteiger partial charge is 0.334 e. The summed E-state index contributed by atoms with van der Waals surface area (Å²) < 4.78 is 0. The number of hydrogen-bond donors (Lipinski definition) is 0. The molecule has 0 N–H and O–H groups in total. The number of pyridine rings is 1. The van der Waals surface area contributed by atoms with Gasteiger partial charge < -0.3 is 4.90 Å². The molecule has 0 radical (unpaired) electrons. The molecule has 0 bridgehead atoms. The van der Waals surface area contributed by atoms with Crippen LogP contribution in [0.4, 0.5) is 11.4 Å². The van der Waals surface area contributed by atoms with Crippen LogP contribution in [0, 0.1) is 0 Å². The van der Waals surface area contributed by atoms with Crippen LogP contribution in [-0.2, 0) is 12.8 Å². The lowest BCUT2D eigenvalue weighted by Gasteiger charge is -2.36. The topological polar surface area (TPSA) is 16.1 Å². The highest BCUT2D eigenvalue weighted by Gasteiger charge is 2.31. The normalized spacial score (nSPS) is 15.7. The first-order chi connectivity index (χ1) is 27.3. The molecule has 6 aromatic carbocycles. The Morgan fingerprint density at radius 3 is 1.85 bits per heavy atom. The number of hydrogen-bond acceptors (Lipinski definition) is 2. The second kappa shape index (κ2) is 14.4. The molecule has 0 saturated heterocycles. The first-order valence-corrected chi connectivity index (χ1v) is 19.7. The van der Waals surface area contributed by atoms with E-state index in [2.05, 4.69) is 186 Å². The minimum Gasteiger partial charge on any atom is -0.334 e. The van der Waals surface area contributed by atoms with Crippen LogP contribution >= 0.6 is 0 Å². The van der Waals surface area contributed by atoms with Crippen molar-refractivity contribution in [2.45, 2.75) is 38.1 Å². The van der Waals surface area contributed by atoms with E-state index in [-0.39, 0.29) is 6.04 Å². The molecular formula is C53H42N2. The molecule has 0 fully saturated rings. The van der Waals surface area contributed by atoms with Crippen LogP contribution in [-0.4, -0.2) is 11.0 Å². The van der Waals surface area contributed by atoms with Crippen molar-refractivity contribution in [1.29, 1.82) is 0 Å². The second-order valence-corrected chi connectivity index (χ2v) is 14.8. The number of allylic oxidation sites excluding steroid dienone is 5. The van der Waals surface area contributed by atoms with Crippen molar-refractivity contribution in [2.75, 3.05) is 4.90 Å². The molecule has 1 aromatic heterocycles. The van der Waals surface area contributed by atoms with Crippen LogP contribution in [0.2, 0.25) is 0 Å². The number of rotatable bonds is 7. The van der Waals surface area contributed by atoms with Gasteiger partial charge in [-0.1, -0.05) is 146 Å². The minimum atomic E-state index is 0.117. The van der Waals surface area contributed by atoms with Crippen molar-refractivity contribution < 1.29 is 0 Å². The predicted octanol–water partition coefficient (Wildman–Crippen LogP) is 13.7. The van der Waals surface area contributed by atoms with Gasteiger partial charge in [0, 0.05) is 23.8 Å². The second-order valence-electron chi connectivity index (χ2n) is 14.8. The summed E-state index contributed by atoms with van der Waals surface area (Å²) in [6.45, 7) is 0. The fourth-order valence-corrected chi connectivity index (χ4v) is 9.11. The quantitative estimate of drug-likeness (QED) is 0.164. The van der Waals surface area contributed by atoms with Crippen molar-refractivity contribution >= 4 is 39.9 Å². The lowest BCUT2D eigenvalue weighted by atomic mass is 9.74. The van der Waals surface area contributed by atoms with E-state index in [1.165, 1.54) is 83.2 Å².